The minimum atomic E-state index is -4.75. The maximum atomic E-state index is 14.5. The molecule has 146 valence electrons. The molecule has 1 saturated heterocycles. The number of benzene rings is 1. The Morgan fingerprint density at radius 1 is 1.31 bits per heavy atom. The van der Waals surface area contributed by atoms with E-state index in [1.165, 1.54) is 4.90 Å². The average Bonchev–Trinajstić information content (AvgIpc) is 2.43. The van der Waals surface area contributed by atoms with Crippen molar-refractivity contribution in [2.75, 3.05) is 6.54 Å². The molecule has 1 amide bonds. The smallest absolute Gasteiger partial charge is 0.416 e. The van der Waals surface area contributed by atoms with Crippen LogP contribution in [0.2, 0.25) is 5.02 Å². The first kappa shape index (κ1) is 20.8. The fourth-order valence-electron chi connectivity index (χ4n) is 2.83. The van der Waals surface area contributed by atoms with Gasteiger partial charge in [0.2, 0.25) is 0 Å². The van der Waals surface area contributed by atoms with Gasteiger partial charge in [0.25, 0.3) is 0 Å². The maximum absolute atomic E-state index is 14.5. The van der Waals surface area contributed by atoms with Crippen LogP contribution in [-0.4, -0.2) is 34.3 Å². The van der Waals surface area contributed by atoms with Gasteiger partial charge in [-0.2, -0.15) is 13.2 Å². The molecular weight excluding hydrogens is 378 g/mol. The normalized spacial score (nSPS) is 21.7. The summed E-state index contributed by atoms with van der Waals surface area (Å²) in [6.07, 6.45) is -6.14. The van der Waals surface area contributed by atoms with Crippen molar-refractivity contribution in [1.82, 2.24) is 4.90 Å². The summed E-state index contributed by atoms with van der Waals surface area (Å²) >= 11 is 5.92. The van der Waals surface area contributed by atoms with E-state index in [1.807, 2.05) is 0 Å². The number of likely N-dealkylation sites (tertiary alicyclic amines) is 1. The molecule has 2 atom stereocenters. The molecule has 1 aromatic rings. The molecule has 2 rings (SSSR count). The van der Waals surface area contributed by atoms with Crippen LogP contribution in [0.15, 0.2) is 12.1 Å². The summed E-state index contributed by atoms with van der Waals surface area (Å²) in [5.74, 6) is -1.18. The monoisotopic (exact) mass is 397 g/mol. The third kappa shape index (κ3) is 4.79. The fourth-order valence-corrected chi connectivity index (χ4v) is 3.16. The Morgan fingerprint density at radius 2 is 1.92 bits per heavy atom. The van der Waals surface area contributed by atoms with E-state index in [-0.39, 0.29) is 24.9 Å². The number of piperidine rings is 1. The second kappa shape index (κ2) is 7.23. The fraction of sp³-hybridized carbons (Fsp3) is 0.588. The van der Waals surface area contributed by atoms with Crippen molar-refractivity contribution in [3.8, 4) is 0 Å². The third-order valence-corrected chi connectivity index (χ3v) is 4.26. The van der Waals surface area contributed by atoms with Crippen LogP contribution in [0, 0.1) is 5.82 Å². The number of rotatable bonds is 1. The van der Waals surface area contributed by atoms with Crippen LogP contribution in [-0.2, 0) is 10.9 Å². The molecule has 4 nitrogen and oxygen atoms in total. The van der Waals surface area contributed by atoms with Gasteiger partial charge in [-0.3, -0.25) is 0 Å². The third-order valence-electron chi connectivity index (χ3n) is 3.94. The lowest BCUT2D eigenvalue weighted by atomic mass is 9.92. The molecule has 1 aromatic carbocycles. The van der Waals surface area contributed by atoms with Crippen molar-refractivity contribution in [3.63, 3.8) is 0 Å². The molecule has 0 bridgehead atoms. The van der Waals surface area contributed by atoms with Crippen molar-refractivity contribution >= 4 is 17.7 Å². The molecule has 0 saturated carbocycles. The largest absolute Gasteiger partial charge is 0.444 e. The molecule has 1 aliphatic rings. The number of nitrogens with zero attached hydrogens (tertiary/aromatic N) is 1. The summed E-state index contributed by atoms with van der Waals surface area (Å²) in [6, 6.07) is -0.0626. The Bertz CT molecular complexity index is 665. The zero-order chi connectivity index (χ0) is 19.9. The van der Waals surface area contributed by atoms with Crippen molar-refractivity contribution in [2.45, 2.75) is 57.5 Å². The topological polar surface area (TPSA) is 49.8 Å². The molecule has 1 N–H and O–H groups in total. The van der Waals surface area contributed by atoms with Gasteiger partial charge < -0.3 is 14.7 Å². The average molecular weight is 398 g/mol. The molecule has 1 heterocycles. The van der Waals surface area contributed by atoms with E-state index in [2.05, 4.69) is 0 Å². The maximum Gasteiger partial charge on any atom is 0.416 e. The Labute approximate surface area is 153 Å². The number of alkyl halides is 3. The summed E-state index contributed by atoms with van der Waals surface area (Å²) in [5.41, 5.74) is -2.28. The van der Waals surface area contributed by atoms with Gasteiger partial charge in [-0.05, 0) is 45.7 Å². The van der Waals surface area contributed by atoms with Gasteiger partial charge in [0.05, 0.1) is 17.7 Å². The second-order valence-electron chi connectivity index (χ2n) is 7.22. The number of amides is 1. The summed E-state index contributed by atoms with van der Waals surface area (Å²) in [7, 11) is 0. The molecule has 0 unspecified atom stereocenters. The number of carbonyl (C=O) groups excluding carboxylic acids is 1. The van der Waals surface area contributed by atoms with Crippen molar-refractivity contribution in [3.05, 3.63) is 34.1 Å². The number of hydrogen-bond donors (Lipinski definition) is 1. The number of ether oxygens (including phenoxy) is 1. The number of carbonyl (C=O) groups is 1. The van der Waals surface area contributed by atoms with Gasteiger partial charge in [0, 0.05) is 17.1 Å². The minimum Gasteiger partial charge on any atom is -0.444 e. The zero-order valence-corrected chi connectivity index (χ0v) is 15.3. The zero-order valence-electron chi connectivity index (χ0n) is 14.5. The first-order valence-corrected chi connectivity index (χ1v) is 8.41. The van der Waals surface area contributed by atoms with E-state index in [0.717, 1.165) is 0 Å². The van der Waals surface area contributed by atoms with Crippen LogP contribution in [0.4, 0.5) is 22.4 Å². The molecule has 0 aromatic heterocycles. The lowest BCUT2D eigenvalue weighted by molar-refractivity contribution is -0.137. The van der Waals surface area contributed by atoms with E-state index in [1.54, 1.807) is 20.8 Å². The summed E-state index contributed by atoms with van der Waals surface area (Å²) in [6.45, 7) is 5.04. The van der Waals surface area contributed by atoms with Crippen LogP contribution in [0.5, 0.6) is 0 Å². The molecule has 1 aliphatic heterocycles. The Kier molecular flexibility index (Phi) is 5.77. The van der Waals surface area contributed by atoms with E-state index in [4.69, 9.17) is 16.3 Å². The van der Waals surface area contributed by atoms with Crippen molar-refractivity contribution in [1.29, 1.82) is 0 Å². The first-order chi connectivity index (χ1) is 11.8. The van der Waals surface area contributed by atoms with Crippen LogP contribution in [0.25, 0.3) is 0 Å². The standard InChI is InChI=1S/C17H20ClF4NO3/c1-16(2,3)26-15(25)23-5-4-10(24)8-13(23)14-11(18)6-9(7-12(14)19)17(20,21)22/h6-7,10,13,24H,4-5,8H2,1-3H3/t10-,13+/m0/s1. The molecule has 0 aliphatic carbocycles. The van der Waals surface area contributed by atoms with Crippen LogP contribution < -0.4 is 0 Å². The highest BCUT2D eigenvalue weighted by Crippen LogP contribution is 2.40. The SMILES string of the molecule is CC(C)(C)OC(=O)N1CC[C@H](O)C[C@@H]1c1c(F)cc(C(F)(F)F)cc1Cl. The molecular formula is C17H20ClF4NO3. The number of hydrogen-bond acceptors (Lipinski definition) is 3. The highest BCUT2D eigenvalue weighted by atomic mass is 35.5. The van der Waals surface area contributed by atoms with Gasteiger partial charge >= 0.3 is 12.3 Å². The first-order valence-electron chi connectivity index (χ1n) is 8.03. The van der Waals surface area contributed by atoms with Crippen LogP contribution >= 0.6 is 11.6 Å². The number of aliphatic hydroxyl groups excluding tert-OH is 1. The van der Waals surface area contributed by atoms with Crippen LogP contribution in [0.3, 0.4) is 0 Å². The quantitative estimate of drug-likeness (QED) is 0.683. The lowest BCUT2D eigenvalue weighted by Crippen LogP contribution is -2.45. The Hall–Kier alpha value is -1.54. The Balaban J connectivity index is 2.43. The summed E-state index contributed by atoms with van der Waals surface area (Å²) in [5, 5.41) is 9.46. The molecule has 1 fully saturated rings. The van der Waals surface area contributed by atoms with Crippen molar-refractivity contribution in [2.24, 2.45) is 0 Å². The van der Waals surface area contributed by atoms with E-state index < -0.39 is 46.4 Å². The predicted octanol–water partition coefficient (Wildman–Crippen LogP) is 4.93. The van der Waals surface area contributed by atoms with Crippen LogP contribution in [0.1, 0.15) is 50.8 Å². The van der Waals surface area contributed by atoms with E-state index >= 15 is 0 Å². The van der Waals surface area contributed by atoms with Gasteiger partial charge in [0.15, 0.2) is 0 Å². The van der Waals surface area contributed by atoms with Gasteiger partial charge in [-0.25, -0.2) is 9.18 Å². The Morgan fingerprint density at radius 3 is 2.42 bits per heavy atom. The van der Waals surface area contributed by atoms with Gasteiger partial charge in [-0.15, -0.1) is 0 Å². The van der Waals surface area contributed by atoms with E-state index in [0.29, 0.717) is 12.1 Å². The second-order valence-corrected chi connectivity index (χ2v) is 7.63. The lowest BCUT2D eigenvalue weighted by Gasteiger charge is -2.39. The predicted molar refractivity (Wildman–Crippen MR) is 87.3 cm³/mol. The summed E-state index contributed by atoms with van der Waals surface area (Å²) < 4.78 is 58.2. The minimum absolute atomic E-state index is 0.0543. The molecule has 26 heavy (non-hydrogen) atoms. The van der Waals surface area contributed by atoms with Gasteiger partial charge in [-0.1, -0.05) is 11.6 Å². The molecule has 9 heteroatoms. The van der Waals surface area contributed by atoms with Gasteiger partial charge in [0.1, 0.15) is 11.4 Å². The van der Waals surface area contributed by atoms with Crippen molar-refractivity contribution < 1.29 is 32.2 Å². The highest BCUT2D eigenvalue weighted by molar-refractivity contribution is 6.31. The summed E-state index contributed by atoms with van der Waals surface area (Å²) in [4.78, 5) is 13.6. The number of halogens is 5. The number of aliphatic hydroxyl groups is 1. The molecule has 0 radical (unpaired) electrons. The highest BCUT2D eigenvalue weighted by Gasteiger charge is 2.39. The molecule has 0 spiro atoms. The van der Waals surface area contributed by atoms with E-state index in [9.17, 15) is 27.5 Å².